The van der Waals surface area contributed by atoms with Crippen LogP contribution in [-0.2, 0) is 10.5 Å². The van der Waals surface area contributed by atoms with Crippen LogP contribution in [0.3, 0.4) is 0 Å². The second-order valence-electron chi connectivity index (χ2n) is 5.73. The lowest BCUT2D eigenvalue weighted by atomic mass is 10.1. The number of imidazole rings is 1. The normalized spacial score (nSPS) is 26.0. The summed E-state index contributed by atoms with van der Waals surface area (Å²) in [5.74, 6) is 0.305. The summed E-state index contributed by atoms with van der Waals surface area (Å²) < 4.78 is 7.31. The molecular formula is C13H20N6O2. The molecule has 1 aliphatic rings. The van der Waals surface area contributed by atoms with Gasteiger partial charge in [-0.2, -0.15) is 0 Å². The number of nitrogens with zero attached hydrogens (tertiary/aromatic N) is 4. The van der Waals surface area contributed by atoms with Crippen molar-refractivity contribution in [3.05, 3.63) is 12.7 Å². The largest absolute Gasteiger partial charge is 0.382 e. The van der Waals surface area contributed by atoms with Crippen molar-refractivity contribution in [1.82, 2.24) is 24.8 Å². The molecule has 1 aliphatic heterocycles. The highest BCUT2D eigenvalue weighted by atomic mass is 16.5. The van der Waals surface area contributed by atoms with Gasteiger partial charge in [0.15, 0.2) is 17.2 Å². The Morgan fingerprint density at radius 2 is 2.33 bits per heavy atom. The lowest BCUT2D eigenvalue weighted by Crippen LogP contribution is -2.35. The molecule has 3 heterocycles. The number of aromatic nitrogens is 4. The lowest BCUT2D eigenvalue weighted by Gasteiger charge is -2.23. The highest BCUT2D eigenvalue weighted by molar-refractivity contribution is 5.81. The molecule has 8 nitrogen and oxygen atoms in total. The van der Waals surface area contributed by atoms with Crippen molar-refractivity contribution >= 4 is 17.0 Å². The molecule has 0 bridgehead atoms. The fourth-order valence-electron chi connectivity index (χ4n) is 2.56. The first kappa shape index (κ1) is 14.2. The predicted octanol–water partition coefficient (Wildman–Crippen LogP) is -0.159. The van der Waals surface area contributed by atoms with Gasteiger partial charge in [0, 0.05) is 19.0 Å². The maximum Gasteiger partial charge on any atom is 0.170 e. The van der Waals surface area contributed by atoms with E-state index in [0.717, 1.165) is 0 Å². The molecule has 0 spiro atoms. The first-order valence-electron chi connectivity index (χ1n) is 7.01. The molecule has 0 amide bonds. The first-order chi connectivity index (χ1) is 9.99. The van der Waals surface area contributed by atoms with E-state index in [1.807, 2.05) is 0 Å². The van der Waals surface area contributed by atoms with Crippen molar-refractivity contribution in [3.63, 3.8) is 0 Å². The van der Waals surface area contributed by atoms with Gasteiger partial charge in [-0.3, -0.25) is 4.57 Å². The summed E-state index contributed by atoms with van der Waals surface area (Å²) in [6.07, 6.45) is 3.33. The zero-order valence-electron chi connectivity index (χ0n) is 12.2. The number of fused-ring (bicyclic) bond motifs is 1. The molecule has 0 aromatic carbocycles. The smallest absolute Gasteiger partial charge is 0.170 e. The van der Waals surface area contributed by atoms with Crippen LogP contribution in [0.4, 0.5) is 5.82 Å². The van der Waals surface area contributed by atoms with Crippen LogP contribution < -0.4 is 11.1 Å². The zero-order chi connectivity index (χ0) is 15.0. The summed E-state index contributed by atoms with van der Waals surface area (Å²) in [7, 11) is 0. The van der Waals surface area contributed by atoms with Crippen molar-refractivity contribution in [2.75, 3.05) is 18.9 Å². The van der Waals surface area contributed by atoms with Crippen LogP contribution in [0.1, 0.15) is 20.3 Å². The number of aliphatic hydroxyl groups is 1. The Morgan fingerprint density at radius 3 is 3.10 bits per heavy atom. The van der Waals surface area contributed by atoms with Gasteiger partial charge in [0.25, 0.3) is 0 Å². The van der Waals surface area contributed by atoms with Gasteiger partial charge in [-0.15, -0.1) is 0 Å². The molecule has 2 aromatic rings. The summed E-state index contributed by atoms with van der Waals surface area (Å²) in [6.45, 7) is 5.05. The van der Waals surface area contributed by atoms with Crippen molar-refractivity contribution < 1.29 is 9.84 Å². The lowest BCUT2D eigenvalue weighted by molar-refractivity contribution is -0.0408. The number of hydrogen-bond acceptors (Lipinski definition) is 7. The summed E-state index contributed by atoms with van der Waals surface area (Å²) >= 11 is 0. The Hall–Kier alpha value is -1.77. The van der Waals surface area contributed by atoms with Gasteiger partial charge in [0.1, 0.15) is 11.8 Å². The van der Waals surface area contributed by atoms with Gasteiger partial charge >= 0.3 is 0 Å². The maximum atomic E-state index is 10.8. The molecule has 0 aliphatic carbocycles. The quantitative estimate of drug-likeness (QED) is 0.718. The standard InChI is InChI=1S/C13H20N6O2/c1-8(2)15-4-9-3-13(20,5-21-9)19-7-18-10-11(14)16-6-17-12(10)19/h6-9,15,20H,3-5H2,1-2H3,(H2,14,16,17). The second-order valence-corrected chi connectivity index (χ2v) is 5.73. The number of hydrogen-bond donors (Lipinski definition) is 3. The fourth-order valence-corrected chi connectivity index (χ4v) is 2.56. The SMILES string of the molecule is CC(C)NCC1CC(O)(n2cnc3c(N)ncnc32)CO1. The maximum absolute atomic E-state index is 10.8. The van der Waals surface area contributed by atoms with E-state index in [1.165, 1.54) is 12.7 Å². The summed E-state index contributed by atoms with van der Waals surface area (Å²) in [5, 5.41) is 14.2. The number of ether oxygens (including phenoxy) is 1. The summed E-state index contributed by atoms with van der Waals surface area (Å²) in [4.78, 5) is 12.3. The van der Waals surface area contributed by atoms with E-state index >= 15 is 0 Å². The van der Waals surface area contributed by atoms with Crippen LogP contribution >= 0.6 is 0 Å². The van der Waals surface area contributed by atoms with Crippen LogP contribution in [0.15, 0.2) is 12.7 Å². The number of nitrogen functional groups attached to an aromatic ring is 1. The van der Waals surface area contributed by atoms with Crippen LogP contribution in [0.25, 0.3) is 11.2 Å². The Bertz CT molecular complexity index is 643. The third-order valence-electron chi connectivity index (χ3n) is 3.67. The number of rotatable bonds is 4. The zero-order valence-corrected chi connectivity index (χ0v) is 12.2. The van der Waals surface area contributed by atoms with Gasteiger partial charge in [-0.05, 0) is 0 Å². The van der Waals surface area contributed by atoms with Crippen LogP contribution in [0.5, 0.6) is 0 Å². The number of anilines is 1. The molecule has 2 atom stereocenters. The van der Waals surface area contributed by atoms with E-state index < -0.39 is 5.72 Å². The monoisotopic (exact) mass is 292 g/mol. The molecule has 2 unspecified atom stereocenters. The van der Waals surface area contributed by atoms with Crippen molar-refractivity contribution in [2.45, 2.75) is 38.1 Å². The molecule has 114 valence electrons. The third kappa shape index (κ3) is 2.57. The second kappa shape index (κ2) is 5.21. The van der Waals surface area contributed by atoms with Gasteiger partial charge in [-0.25, -0.2) is 15.0 Å². The van der Waals surface area contributed by atoms with Crippen molar-refractivity contribution in [1.29, 1.82) is 0 Å². The number of nitrogens with one attached hydrogen (secondary N) is 1. The van der Waals surface area contributed by atoms with E-state index in [0.29, 0.717) is 36.0 Å². The van der Waals surface area contributed by atoms with Gasteiger partial charge < -0.3 is 20.9 Å². The van der Waals surface area contributed by atoms with Gasteiger partial charge in [0.2, 0.25) is 0 Å². The van der Waals surface area contributed by atoms with Crippen LogP contribution in [0, 0.1) is 0 Å². The fraction of sp³-hybridized carbons (Fsp3) is 0.615. The molecule has 8 heteroatoms. The van der Waals surface area contributed by atoms with Crippen molar-refractivity contribution in [2.24, 2.45) is 0 Å². The minimum Gasteiger partial charge on any atom is -0.382 e. The number of nitrogens with two attached hydrogens (primary N) is 1. The third-order valence-corrected chi connectivity index (χ3v) is 3.67. The van der Waals surface area contributed by atoms with E-state index in [4.69, 9.17) is 10.5 Å². The first-order valence-corrected chi connectivity index (χ1v) is 7.01. The molecule has 1 saturated heterocycles. The average molecular weight is 292 g/mol. The summed E-state index contributed by atoms with van der Waals surface area (Å²) in [6, 6.07) is 0.379. The molecule has 0 saturated carbocycles. The summed E-state index contributed by atoms with van der Waals surface area (Å²) in [5.41, 5.74) is 5.63. The van der Waals surface area contributed by atoms with Crippen molar-refractivity contribution in [3.8, 4) is 0 Å². The Kier molecular flexibility index (Phi) is 3.52. The van der Waals surface area contributed by atoms with Crippen LogP contribution in [-0.4, -0.2) is 49.9 Å². The highest BCUT2D eigenvalue weighted by Crippen LogP contribution is 2.31. The van der Waals surface area contributed by atoms with E-state index in [-0.39, 0.29) is 12.7 Å². The predicted molar refractivity (Wildman–Crippen MR) is 77.4 cm³/mol. The van der Waals surface area contributed by atoms with E-state index in [9.17, 15) is 5.11 Å². The Balaban J connectivity index is 1.84. The molecule has 2 aromatic heterocycles. The minimum atomic E-state index is -1.15. The van der Waals surface area contributed by atoms with E-state index in [2.05, 4.69) is 34.1 Å². The average Bonchev–Trinajstić information content (AvgIpc) is 3.02. The minimum absolute atomic E-state index is 0.0472. The van der Waals surface area contributed by atoms with E-state index in [1.54, 1.807) is 4.57 Å². The highest BCUT2D eigenvalue weighted by Gasteiger charge is 2.41. The van der Waals surface area contributed by atoms with Gasteiger partial charge in [-0.1, -0.05) is 13.8 Å². The van der Waals surface area contributed by atoms with Crippen LogP contribution in [0.2, 0.25) is 0 Å². The topological polar surface area (TPSA) is 111 Å². The Labute approximate surface area is 122 Å². The molecule has 3 rings (SSSR count). The molecule has 21 heavy (non-hydrogen) atoms. The molecule has 0 radical (unpaired) electrons. The molecular weight excluding hydrogens is 272 g/mol. The molecule has 4 N–H and O–H groups in total. The van der Waals surface area contributed by atoms with Gasteiger partial charge in [0.05, 0.1) is 19.0 Å². The Morgan fingerprint density at radius 1 is 1.52 bits per heavy atom. The molecule has 1 fully saturated rings.